The van der Waals surface area contributed by atoms with Crippen LogP contribution in [-0.2, 0) is 11.3 Å². The van der Waals surface area contributed by atoms with Crippen LogP contribution < -0.4 is 10.2 Å². The summed E-state index contributed by atoms with van der Waals surface area (Å²) in [4.78, 5) is 22.1. The zero-order valence-electron chi connectivity index (χ0n) is 15.2. The van der Waals surface area contributed by atoms with Crippen LogP contribution in [-0.4, -0.2) is 16.4 Å². The zero-order chi connectivity index (χ0) is 20.2. The maximum atomic E-state index is 11.9. The van der Waals surface area contributed by atoms with E-state index in [1.54, 1.807) is 36.7 Å². The normalized spacial score (nSPS) is 10.7. The summed E-state index contributed by atoms with van der Waals surface area (Å²) in [6, 6.07) is 18.6. The highest BCUT2D eigenvalue weighted by Crippen LogP contribution is 2.33. The van der Waals surface area contributed by atoms with E-state index in [-0.39, 0.29) is 0 Å². The first-order chi connectivity index (χ1) is 14.2. The van der Waals surface area contributed by atoms with Crippen LogP contribution in [0.3, 0.4) is 0 Å². The van der Waals surface area contributed by atoms with Gasteiger partial charge in [-0.05, 0) is 54.1 Å². The molecule has 7 heteroatoms. The van der Waals surface area contributed by atoms with E-state index in [9.17, 15) is 4.79 Å². The first kappa shape index (κ1) is 19.2. The van der Waals surface area contributed by atoms with Crippen molar-refractivity contribution in [1.29, 1.82) is 0 Å². The van der Waals surface area contributed by atoms with Gasteiger partial charge in [-0.2, -0.15) is 0 Å². The van der Waals surface area contributed by atoms with Crippen molar-refractivity contribution in [2.24, 2.45) is 0 Å². The molecule has 0 spiro atoms. The van der Waals surface area contributed by atoms with Crippen LogP contribution in [0.5, 0.6) is 0 Å². The van der Waals surface area contributed by atoms with E-state index in [4.69, 9.17) is 23.2 Å². The number of hydrogen-bond acceptors (Lipinski definition) is 4. The SMILES string of the molecule is O=CN(c1ccc(Cl)c(Cl)c1)c1cccnc1NCc1ccc2ncccc2c1. The Morgan fingerprint density at radius 3 is 2.59 bits per heavy atom. The van der Waals surface area contributed by atoms with Crippen molar-refractivity contribution >= 4 is 57.7 Å². The summed E-state index contributed by atoms with van der Waals surface area (Å²) in [5.41, 5.74) is 3.24. The van der Waals surface area contributed by atoms with E-state index in [0.717, 1.165) is 22.9 Å². The zero-order valence-corrected chi connectivity index (χ0v) is 16.7. The van der Waals surface area contributed by atoms with E-state index >= 15 is 0 Å². The monoisotopic (exact) mass is 422 g/mol. The smallest absolute Gasteiger partial charge is 0.218 e. The standard InChI is InChI=1S/C22H16Cl2N4O/c23-18-7-6-17(12-19(18)24)28(14-29)21-4-2-10-26-22(21)27-13-15-5-8-20-16(11-15)3-1-9-25-20/h1-12,14H,13H2,(H,26,27). The molecule has 0 unspecified atom stereocenters. The summed E-state index contributed by atoms with van der Waals surface area (Å²) in [5.74, 6) is 0.581. The second-order valence-corrected chi connectivity index (χ2v) is 7.14. The number of carbonyl (C=O) groups excluding carboxylic acids is 1. The third-order valence-corrected chi connectivity index (χ3v) is 5.20. The minimum absolute atomic E-state index is 0.374. The molecule has 0 radical (unpaired) electrons. The lowest BCUT2D eigenvalue weighted by molar-refractivity contribution is -0.106. The molecule has 0 aliphatic heterocycles. The summed E-state index contributed by atoms with van der Waals surface area (Å²) in [7, 11) is 0. The summed E-state index contributed by atoms with van der Waals surface area (Å²) in [6.07, 6.45) is 4.18. The molecule has 2 aromatic heterocycles. The number of nitrogens with zero attached hydrogens (tertiary/aromatic N) is 3. The van der Waals surface area contributed by atoms with Crippen molar-refractivity contribution in [2.45, 2.75) is 6.54 Å². The third kappa shape index (κ3) is 4.16. The lowest BCUT2D eigenvalue weighted by Gasteiger charge is -2.21. The van der Waals surface area contributed by atoms with Gasteiger partial charge < -0.3 is 5.32 Å². The minimum Gasteiger partial charge on any atom is -0.364 e. The molecule has 0 aliphatic rings. The van der Waals surface area contributed by atoms with E-state index < -0.39 is 0 Å². The van der Waals surface area contributed by atoms with Crippen molar-refractivity contribution in [3.05, 3.63) is 88.7 Å². The maximum absolute atomic E-state index is 11.9. The Balaban J connectivity index is 1.61. The van der Waals surface area contributed by atoms with E-state index in [1.807, 2.05) is 30.3 Å². The summed E-state index contributed by atoms with van der Waals surface area (Å²) in [6.45, 7) is 0.545. The van der Waals surface area contributed by atoms with Crippen LogP contribution in [0, 0.1) is 0 Å². The van der Waals surface area contributed by atoms with Crippen LogP contribution in [0.1, 0.15) is 5.56 Å². The number of hydrogen-bond donors (Lipinski definition) is 1. The van der Waals surface area contributed by atoms with E-state index in [0.29, 0.717) is 33.8 Å². The van der Waals surface area contributed by atoms with E-state index in [1.165, 1.54) is 4.90 Å². The van der Waals surface area contributed by atoms with Gasteiger partial charge in [-0.25, -0.2) is 4.98 Å². The fourth-order valence-electron chi connectivity index (χ4n) is 3.04. The number of rotatable bonds is 6. The number of benzene rings is 2. The number of carbonyl (C=O) groups is 1. The number of nitrogens with one attached hydrogen (secondary N) is 1. The van der Waals surface area contributed by atoms with Crippen LogP contribution in [0.25, 0.3) is 10.9 Å². The first-order valence-electron chi connectivity index (χ1n) is 8.88. The lowest BCUT2D eigenvalue weighted by atomic mass is 10.1. The lowest BCUT2D eigenvalue weighted by Crippen LogP contribution is -2.17. The average molecular weight is 423 g/mol. The highest BCUT2D eigenvalue weighted by molar-refractivity contribution is 6.42. The number of amides is 1. The predicted molar refractivity (Wildman–Crippen MR) is 118 cm³/mol. The molecule has 4 aromatic rings. The number of halogens is 2. The van der Waals surface area contributed by atoms with Gasteiger partial charge in [0.05, 0.1) is 26.9 Å². The van der Waals surface area contributed by atoms with Gasteiger partial charge in [0.1, 0.15) is 0 Å². The van der Waals surface area contributed by atoms with Crippen LogP contribution in [0.2, 0.25) is 10.0 Å². The van der Waals surface area contributed by atoms with Crippen molar-refractivity contribution in [2.75, 3.05) is 10.2 Å². The third-order valence-electron chi connectivity index (χ3n) is 4.46. The van der Waals surface area contributed by atoms with Crippen LogP contribution in [0.15, 0.2) is 73.1 Å². The summed E-state index contributed by atoms with van der Waals surface area (Å²) < 4.78 is 0. The molecule has 0 aliphatic carbocycles. The van der Waals surface area contributed by atoms with Gasteiger partial charge in [0, 0.05) is 24.3 Å². The Hall–Kier alpha value is -3.15. The molecule has 2 aromatic carbocycles. The van der Waals surface area contributed by atoms with Crippen molar-refractivity contribution in [3.63, 3.8) is 0 Å². The summed E-state index contributed by atoms with van der Waals surface area (Å²) >= 11 is 12.1. The molecule has 1 amide bonds. The molecular weight excluding hydrogens is 407 g/mol. The Morgan fingerprint density at radius 2 is 1.76 bits per heavy atom. The molecule has 0 fully saturated rings. The molecular formula is C22H16Cl2N4O. The average Bonchev–Trinajstić information content (AvgIpc) is 2.76. The van der Waals surface area contributed by atoms with Crippen molar-refractivity contribution in [3.8, 4) is 0 Å². The maximum Gasteiger partial charge on any atom is 0.218 e. The molecule has 2 heterocycles. The first-order valence-corrected chi connectivity index (χ1v) is 9.63. The van der Waals surface area contributed by atoms with Gasteiger partial charge in [0.25, 0.3) is 0 Å². The number of anilines is 3. The van der Waals surface area contributed by atoms with Gasteiger partial charge in [-0.3, -0.25) is 14.7 Å². The number of pyridine rings is 2. The largest absolute Gasteiger partial charge is 0.364 e. The fourth-order valence-corrected chi connectivity index (χ4v) is 3.33. The topological polar surface area (TPSA) is 58.1 Å². The number of fused-ring (bicyclic) bond motifs is 1. The highest BCUT2D eigenvalue weighted by Gasteiger charge is 2.15. The second-order valence-electron chi connectivity index (χ2n) is 6.33. The van der Waals surface area contributed by atoms with Gasteiger partial charge in [0.15, 0.2) is 5.82 Å². The Labute approximate surface area is 177 Å². The Morgan fingerprint density at radius 1 is 0.931 bits per heavy atom. The van der Waals surface area contributed by atoms with Gasteiger partial charge in [-0.1, -0.05) is 35.3 Å². The van der Waals surface area contributed by atoms with E-state index in [2.05, 4.69) is 21.4 Å². The van der Waals surface area contributed by atoms with Crippen molar-refractivity contribution in [1.82, 2.24) is 9.97 Å². The fraction of sp³-hybridized carbons (Fsp3) is 0.0455. The van der Waals surface area contributed by atoms with Crippen LogP contribution in [0.4, 0.5) is 17.2 Å². The Bertz CT molecular complexity index is 1180. The molecule has 1 N–H and O–H groups in total. The molecule has 0 atom stereocenters. The molecule has 29 heavy (non-hydrogen) atoms. The van der Waals surface area contributed by atoms with Crippen LogP contribution >= 0.6 is 23.2 Å². The molecule has 5 nitrogen and oxygen atoms in total. The number of aromatic nitrogens is 2. The summed E-state index contributed by atoms with van der Waals surface area (Å²) in [5, 5.41) is 5.18. The van der Waals surface area contributed by atoms with Gasteiger partial charge >= 0.3 is 0 Å². The quantitative estimate of drug-likeness (QED) is 0.396. The highest BCUT2D eigenvalue weighted by atomic mass is 35.5. The molecule has 0 bridgehead atoms. The molecule has 4 rings (SSSR count). The Kier molecular flexibility index (Phi) is 5.60. The van der Waals surface area contributed by atoms with Gasteiger partial charge in [-0.15, -0.1) is 0 Å². The molecule has 144 valence electrons. The molecule has 0 saturated heterocycles. The predicted octanol–water partition coefficient (Wildman–Crippen LogP) is 5.84. The van der Waals surface area contributed by atoms with Crippen molar-refractivity contribution < 1.29 is 4.79 Å². The second kappa shape index (κ2) is 8.47. The molecule has 0 saturated carbocycles. The minimum atomic E-state index is 0.374. The van der Waals surface area contributed by atoms with Gasteiger partial charge in [0.2, 0.25) is 6.41 Å².